The number of hydrogen-bond donors (Lipinski definition) is 2. The van der Waals surface area contributed by atoms with Crippen molar-refractivity contribution in [1.82, 2.24) is 10.6 Å². The molecule has 0 unspecified atom stereocenters. The Morgan fingerprint density at radius 3 is 2.58 bits per heavy atom. The van der Waals surface area contributed by atoms with Crippen molar-refractivity contribution in [3.8, 4) is 0 Å². The summed E-state index contributed by atoms with van der Waals surface area (Å²) in [6, 6.07) is 0. The summed E-state index contributed by atoms with van der Waals surface area (Å²) in [5.74, 6) is -0.380. The lowest BCUT2D eigenvalue weighted by molar-refractivity contribution is -0.136. The average Bonchev–Trinajstić information content (AvgIpc) is 2.34. The lowest BCUT2D eigenvalue weighted by Gasteiger charge is -2.35. The van der Waals surface area contributed by atoms with E-state index in [1.54, 1.807) is 0 Å². The molecule has 8 heteroatoms. The number of carbonyl (C=O) groups excluding carboxylic acids is 1. The third-order valence-corrected chi connectivity index (χ3v) is 3.85. The highest BCUT2D eigenvalue weighted by molar-refractivity contribution is 8.00. The summed E-state index contributed by atoms with van der Waals surface area (Å²) < 4.78 is 41.0. The van der Waals surface area contributed by atoms with Gasteiger partial charge in [-0.3, -0.25) is 4.79 Å². The molecule has 1 rings (SSSR count). The van der Waals surface area contributed by atoms with Crippen molar-refractivity contribution < 1.29 is 22.7 Å². The Bertz CT molecular complexity index is 289. The van der Waals surface area contributed by atoms with E-state index in [0.717, 1.165) is 0 Å². The van der Waals surface area contributed by atoms with Crippen LogP contribution >= 0.6 is 11.8 Å². The predicted octanol–water partition coefficient (Wildman–Crippen LogP) is 1.37. The minimum Gasteiger partial charge on any atom is -0.384 e. The van der Waals surface area contributed by atoms with Crippen LogP contribution in [0, 0.1) is 5.41 Å². The molecule has 112 valence electrons. The molecule has 1 fully saturated rings. The number of methoxy groups -OCH3 is 1. The lowest BCUT2D eigenvalue weighted by Crippen LogP contribution is -2.50. The fraction of sp³-hybridized carbons (Fsp3) is 0.909. The molecule has 1 aliphatic heterocycles. The van der Waals surface area contributed by atoms with Crippen molar-refractivity contribution in [3.05, 3.63) is 0 Å². The van der Waals surface area contributed by atoms with Crippen LogP contribution in [0.2, 0.25) is 0 Å². The highest BCUT2D eigenvalue weighted by atomic mass is 32.2. The molecule has 19 heavy (non-hydrogen) atoms. The van der Waals surface area contributed by atoms with E-state index in [-0.39, 0.29) is 30.0 Å². The number of thioether (sulfide) groups is 1. The second kappa shape index (κ2) is 7.35. The maximum Gasteiger partial charge on any atom is 0.441 e. The largest absolute Gasteiger partial charge is 0.441 e. The Balaban J connectivity index is 2.40. The van der Waals surface area contributed by atoms with Gasteiger partial charge in [0.15, 0.2) is 0 Å². The second-order valence-corrected chi connectivity index (χ2v) is 5.67. The van der Waals surface area contributed by atoms with E-state index in [2.05, 4.69) is 10.6 Å². The molecule has 1 heterocycles. The molecule has 1 aliphatic rings. The van der Waals surface area contributed by atoms with Crippen molar-refractivity contribution in [2.24, 2.45) is 5.41 Å². The first-order valence-electron chi connectivity index (χ1n) is 6.08. The Hall–Kier alpha value is -0.470. The SMILES string of the molecule is COCC1(C(=O)NCCSC(F)(F)F)CCNCC1. The molecule has 0 spiro atoms. The molecule has 4 nitrogen and oxygen atoms in total. The number of halogens is 3. The van der Waals surface area contributed by atoms with E-state index in [1.807, 2.05) is 0 Å². The Morgan fingerprint density at radius 1 is 1.42 bits per heavy atom. The van der Waals surface area contributed by atoms with E-state index >= 15 is 0 Å². The molecule has 0 saturated carbocycles. The third-order valence-electron chi connectivity index (χ3n) is 3.12. The normalized spacial score (nSPS) is 19.2. The molecular formula is C11H19F3N2O2S. The average molecular weight is 300 g/mol. The quantitative estimate of drug-likeness (QED) is 0.728. The zero-order chi connectivity index (χ0) is 14.4. The molecule has 1 saturated heterocycles. The highest BCUT2D eigenvalue weighted by Gasteiger charge is 2.39. The van der Waals surface area contributed by atoms with E-state index in [0.29, 0.717) is 32.5 Å². The van der Waals surface area contributed by atoms with Gasteiger partial charge in [-0.15, -0.1) is 0 Å². The topological polar surface area (TPSA) is 50.4 Å². The molecule has 0 radical (unpaired) electrons. The predicted molar refractivity (Wildman–Crippen MR) is 67.9 cm³/mol. The van der Waals surface area contributed by atoms with E-state index in [9.17, 15) is 18.0 Å². The van der Waals surface area contributed by atoms with Gasteiger partial charge in [0, 0.05) is 19.4 Å². The van der Waals surface area contributed by atoms with Gasteiger partial charge in [0.1, 0.15) is 0 Å². The van der Waals surface area contributed by atoms with Crippen LogP contribution in [0.3, 0.4) is 0 Å². The Morgan fingerprint density at radius 2 is 2.05 bits per heavy atom. The van der Waals surface area contributed by atoms with Crippen LogP contribution in [-0.2, 0) is 9.53 Å². The summed E-state index contributed by atoms with van der Waals surface area (Å²) in [7, 11) is 1.52. The van der Waals surface area contributed by atoms with E-state index in [4.69, 9.17) is 4.74 Å². The molecule has 0 atom stereocenters. The number of carbonyl (C=O) groups is 1. The summed E-state index contributed by atoms with van der Waals surface area (Å²) in [5.41, 5.74) is -4.85. The molecule has 0 aromatic heterocycles. The summed E-state index contributed by atoms with van der Waals surface area (Å²) in [6.45, 7) is 1.75. The van der Waals surface area contributed by atoms with Crippen LogP contribution in [-0.4, -0.2) is 50.5 Å². The van der Waals surface area contributed by atoms with Gasteiger partial charge in [0.2, 0.25) is 5.91 Å². The van der Waals surface area contributed by atoms with Gasteiger partial charge < -0.3 is 15.4 Å². The third kappa shape index (κ3) is 5.58. The standard InChI is InChI=1S/C11H19F3N2O2S/c1-18-8-10(2-4-15-5-3-10)9(17)16-6-7-19-11(12,13)14/h15H,2-8H2,1H3,(H,16,17). The molecular weight excluding hydrogens is 281 g/mol. The van der Waals surface area contributed by atoms with Crippen LogP contribution in [0.4, 0.5) is 13.2 Å². The zero-order valence-corrected chi connectivity index (χ0v) is 11.6. The van der Waals surface area contributed by atoms with Gasteiger partial charge in [-0.05, 0) is 37.7 Å². The van der Waals surface area contributed by atoms with Crippen molar-refractivity contribution >= 4 is 17.7 Å². The van der Waals surface area contributed by atoms with E-state index < -0.39 is 10.9 Å². The maximum atomic E-state index is 12.1. The molecule has 1 amide bonds. The van der Waals surface area contributed by atoms with Crippen molar-refractivity contribution in [2.75, 3.05) is 39.1 Å². The van der Waals surface area contributed by atoms with Crippen LogP contribution in [0.25, 0.3) is 0 Å². The number of ether oxygens (including phenoxy) is 1. The molecule has 2 N–H and O–H groups in total. The number of rotatable bonds is 6. The fourth-order valence-corrected chi connectivity index (χ4v) is 2.57. The van der Waals surface area contributed by atoms with Crippen molar-refractivity contribution in [3.63, 3.8) is 0 Å². The highest BCUT2D eigenvalue weighted by Crippen LogP contribution is 2.31. The smallest absolute Gasteiger partial charge is 0.384 e. The van der Waals surface area contributed by atoms with Gasteiger partial charge in [-0.25, -0.2) is 0 Å². The molecule has 0 bridgehead atoms. The van der Waals surface area contributed by atoms with Gasteiger partial charge >= 0.3 is 5.51 Å². The second-order valence-electron chi connectivity index (χ2n) is 4.51. The number of amides is 1. The first-order chi connectivity index (χ1) is 8.90. The molecule has 0 aromatic rings. The van der Waals surface area contributed by atoms with Crippen molar-refractivity contribution in [1.29, 1.82) is 0 Å². The van der Waals surface area contributed by atoms with Gasteiger partial charge in [-0.2, -0.15) is 13.2 Å². The summed E-state index contributed by atoms with van der Waals surface area (Å²) >= 11 is -0.124. The number of alkyl halides is 3. The Labute approximate surface area is 114 Å². The minimum atomic E-state index is -4.25. The summed E-state index contributed by atoms with van der Waals surface area (Å²) in [5, 5.41) is 5.73. The molecule has 0 aromatic carbocycles. The van der Waals surface area contributed by atoms with Gasteiger partial charge in [-0.1, -0.05) is 0 Å². The van der Waals surface area contributed by atoms with Crippen LogP contribution in [0.5, 0.6) is 0 Å². The number of nitrogens with one attached hydrogen (secondary N) is 2. The first-order valence-corrected chi connectivity index (χ1v) is 7.07. The minimum absolute atomic E-state index is 0.0158. The van der Waals surface area contributed by atoms with Crippen molar-refractivity contribution in [2.45, 2.75) is 18.3 Å². The maximum absolute atomic E-state index is 12.1. The number of piperidine rings is 1. The monoisotopic (exact) mass is 300 g/mol. The Kier molecular flexibility index (Phi) is 6.41. The van der Waals surface area contributed by atoms with Crippen LogP contribution in [0.1, 0.15) is 12.8 Å². The summed E-state index contributed by atoms with van der Waals surface area (Å²) in [4.78, 5) is 12.1. The van der Waals surface area contributed by atoms with E-state index in [1.165, 1.54) is 7.11 Å². The lowest BCUT2D eigenvalue weighted by atomic mass is 9.78. The number of hydrogen-bond acceptors (Lipinski definition) is 4. The molecule has 0 aliphatic carbocycles. The fourth-order valence-electron chi connectivity index (χ4n) is 2.14. The van der Waals surface area contributed by atoms with Crippen LogP contribution < -0.4 is 10.6 Å². The first kappa shape index (κ1) is 16.6. The van der Waals surface area contributed by atoms with Gasteiger partial charge in [0.25, 0.3) is 0 Å². The zero-order valence-electron chi connectivity index (χ0n) is 10.8. The van der Waals surface area contributed by atoms with Gasteiger partial charge in [0.05, 0.1) is 12.0 Å². The summed E-state index contributed by atoms with van der Waals surface area (Å²) in [6.07, 6.45) is 1.28. The van der Waals surface area contributed by atoms with Crippen LogP contribution in [0.15, 0.2) is 0 Å².